The zero-order valence-electron chi connectivity index (χ0n) is 9.18. The Hall–Kier alpha value is -0.570. The van der Waals surface area contributed by atoms with Crippen LogP contribution in [0.15, 0.2) is 0 Å². The standard InChI is InChI=1S/C11H18N2S/c1-11(2,3)13-10-12-8-6-4-5-7-9(8)14-10/h4-7H2,1-3H3,(H,12,13). The van der Waals surface area contributed by atoms with Gasteiger partial charge in [-0.3, -0.25) is 0 Å². The molecule has 0 unspecified atom stereocenters. The van der Waals surface area contributed by atoms with Crippen LogP contribution in [0.1, 0.15) is 44.2 Å². The molecule has 0 spiro atoms. The highest BCUT2D eigenvalue weighted by Gasteiger charge is 2.17. The van der Waals surface area contributed by atoms with Crippen molar-refractivity contribution in [2.75, 3.05) is 5.32 Å². The molecule has 0 atom stereocenters. The first-order chi connectivity index (χ1) is 6.54. The number of anilines is 1. The molecule has 0 aromatic carbocycles. The summed E-state index contributed by atoms with van der Waals surface area (Å²) in [6.07, 6.45) is 5.06. The van der Waals surface area contributed by atoms with Crippen LogP contribution < -0.4 is 5.32 Å². The second-order valence-corrected chi connectivity index (χ2v) is 6.05. The van der Waals surface area contributed by atoms with Crippen molar-refractivity contribution in [1.82, 2.24) is 4.98 Å². The van der Waals surface area contributed by atoms with Gasteiger partial charge in [-0.15, -0.1) is 11.3 Å². The summed E-state index contributed by atoms with van der Waals surface area (Å²) < 4.78 is 0. The molecule has 1 aromatic rings. The zero-order valence-corrected chi connectivity index (χ0v) is 10.0. The van der Waals surface area contributed by atoms with Crippen LogP contribution in [0.5, 0.6) is 0 Å². The molecule has 1 aliphatic carbocycles. The molecule has 1 heterocycles. The third-order valence-corrected chi connectivity index (χ3v) is 3.40. The third-order valence-electron chi connectivity index (χ3n) is 2.33. The van der Waals surface area contributed by atoms with Crippen LogP contribution in [-0.4, -0.2) is 10.5 Å². The molecule has 0 bridgehead atoms. The summed E-state index contributed by atoms with van der Waals surface area (Å²) in [6, 6.07) is 0. The highest BCUT2D eigenvalue weighted by atomic mass is 32.1. The van der Waals surface area contributed by atoms with Gasteiger partial charge in [0, 0.05) is 10.4 Å². The number of rotatable bonds is 1. The summed E-state index contributed by atoms with van der Waals surface area (Å²) in [6.45, 7) is 6.52. The summed E-state index contributed by atoms with van der Waals surface area (Å²) >= 11 is 1.84. The van der Waals surface area contributed by atoms with Gasteiger partial charge in [0.15, 0.2) is 5.13 Å². The lowest BCUT2D eigenvalue weighted by molar-refractivity contribution is 0.631. The van der Waals surface area contributed by atoms with Gasteiger partial charge in [0.25, 0.3) is 0 Å². The molecule has 0 saturated carbocycles. The van der Waals surface area contributed by atoms with Crippen molar-refractivity contribution in [3.63, 3.8) is 0 Å². The quantitative estimate of drug-likeness (QED) is 0.769. The van der Waals surface area contributed by atoms with E-state index < -0.39 is 0 Å². The Bertz CT molecular complexity index is 299. The molecule has 1 aliphatic rings. The molecule has 0 aliphatic heterocycles. The second-order valence-electron chi connectivity index (χ2n) is 4.97. The largest absolute Gasteiger partial charge is 0.357 e. The SMILES string of the molecule is CC(C)(C)Nc1nc2c(s1)CCCC2. The van der Waals surface area contributed by atoms with E-state index in [4.69, 9.17) is 0 Å². The van der Waals surface area contributed by atoms with Gasteiger partial charge in [0.1, 0.15) is 0 Å². The minimum Gasteiger partial charge on any atom is -0.357 e. The van der Waals surface area contributed by atoms with Crippen LogP contribution in [0, 0.1) is 0 Å². The average Bonchev–Trinajstić information content (AvgIpc) is 2.42. The maximum atomic E-state index is 4.64. The minimum absolute atomic E-state index is 0.125. The molecule has 14 heavy (non-hydrogen) atoms. The van der Waals surface area contributed by atoms with E-state index in [1.165, 1.54) is 36.3 Å². The molecule has 0 fully saturated rings. The van der Waals surface area contributed by atoms with Crippen LogP contribution in [0.3, 0.4) is 0 Å². The van der Waals surface area contributed by atoms with Crippen molar-refractivity contribution >= 4 is 16.5 Å². The Labute approximate surface area is 89.8 Å². The van der Waals surface area contributed by atoms with Gasteiger partial charge in [-0.2, -0.15) is 0 Å². The summed E-state index contributed by atoms with van der Waals surface area (Å²) in [5.41, 5.74) is 1.47. The van der Waals surface area contributed by atoms with Gasteiger partial charge in [-0.25, -0.2) is 4.98 Å². The Morgan fingerprint density at radius 3 is 2.57 bits per heavy atom. The van der Waals surface area contributed by atoms with Gasteiger partial charge in [-0.1, -0.05) is 0 Å². The van der Waals surface area contributed by atoms with Gasteiger partial charge >= 0.3 is 0 Å². The second kappa shape index (κ2) is 3.54. The van der Waals surface area contributed by atoms with E-state index in [0.29, 0.717) is 0 Å². The van der Waals surface area contributed by atoms with E-state index in [2.05, 4.69) is 31.1 Å². The number of aryl methyl sites for hydroxylation is 2. The highest BCUT2D eigenvalue weighted by Crippen LogP contribution is 2.30. The van der Waals surface area contributed by atoms with Crippen molar-refractivity contribution < 1.29 is 0 Å². The van der Waals surface area contributed by atoms with E-state index in [-0.39, 0.29) is 5.54 Å². The highest BCUT2D eigenvalue weighted by molar-refractivity contribution is 7.15. The van der Waals surface area contributed by atoms with Crippen LogP contribution in [-0.2, 0) is 12.8 Å². The smallest absolute Gasteiger partial charge is 0.183 e. The van der Waals surface area contributed by atoms with E-state index in [9.17, 15) is 0 Å². The van der Waals surface area contributed by atoms with Crippen molar-refractivity contribution in [2.45, 2.75) is 52.0 Å². The lowest BCUT2D eigenvalue weighted by atomic mass is 10.0. The topological polar surface area (TPSA) is 24.9 Å². The number of hydrogen-bond donors (Lipinski definition) is 1. The molecular weight excluding hydrogens is 192 g/mol. The molecular formula is C11H18N2S. The lowest BCUT2D eigenvalue weighted by Gasteiger charge is -2.19. The Morgan fingerprint density at radius 1 is 1.21 bits per heavy atom. The predicted molar refractivity (Wildman–Crippen MR) is 62.1 cm³/mol. The number of thiazole rings is 1. The van der Waals surface area contributed by atoms with Crippen LogP contribution in [0.4, 0.5) is 5.13 Å². The monoisotopic (exact) mass is 210 g/mol. The Kier molecular flexibility index (Phi) is 2.52. The van der Waals surface area contributed by atoms with E-state index >= 15 is 0 Å². The Morgan fingerprint density at radius 2 is 1.93 bits per heavy atom. The summed E-state index contributed by atoms with van der Waals surface area (Å²) in [5, 5.41) is 4.55. The molecule has 0 radical (unpaired) electrons. The number of nitrogens with zero attached hydrogens (tertiary/aromatic N) is 1. The van der Waals surface area contributed by atoms with Crippen molar-refractivity contribution in [3.8, 4) is 0 Å². The van der Waals surface area contributed by atoms with E-state index in [1.54, 1.807) is 0 Å². The van der Waals surface area contributed by atoms with Crippen LogP contribution in [0.2, 0.25) is 0 Å². The fourth-order valence-corrected chi connectivity index (χ4v) is 2.98. The molecule has 3 heteroatoms. The fraction of sp³-hybridized carbons (Fsp3) is 0.727. The van der Waals surface area contributed by atoms with E-state index in [0.717, 1.165) is 5.13 Å². The molecule has 2 rings (SSSR count). The van der Waals surface area contributed by atoms with E-state index in [1.807, 2.05) is 11.3 Å². The summed E-state index contributed by atoms with van der Waals surface area (Å²) in [5.74, 6) is 0. The molecule has 0 saturated heterocycles. The molecule has 2 nitrogen and oxygen atoms in total. The molecule has 0 amide bonds. The van der Waals surface area contributed by atoms with Crippen LogP contribution in [0.25, 0.3) is 0 Å². The molecule has 1 N–H and O–H groups in total. The zero-order chi connectivity index (χ0) is 10.2. The maximum absolute atomic E-state index is 4.64. The van der Waals surface area contributed by atoms with Gasteiger partial charge in [0.2, 0.25) is 0 Å². The average molecular weight is 210 g/mol. The molecule has 78 valence electrons. The first-order valence-electron chi connectivity index (χ1n) is 5.31. The third kappa shape index (κ3) is 2.27. The first-order valence-corrected chi connectivity index (χ1v) is 6.13. The fourth-order valence-electron chi connectivity index (χ4n) is 1.73. The maximum Gasteiger partial charge on any atom is 0.183 e. The van der Waals surface area contributed by atoms with Crippen molar-refractivity contribution in [3.05, 3.63) is 10.6 Å². The Balaban J connectivity index is 2.16. The van der Waals surface area contributed by atoms with Crippen molar-refractivity contribution in [1.29, 1.82) is 0 Å². The van der Waals surface area contributed by atoms with Gasteiger partial charge < -0.3 is 5.32 Å². The number of fused-ring (bicyclic) bond motifs is 1. The van der Waals surface area contributed by atoms with Crippen LogP contribution >= 0.6 is 11.3 Å². The summed E-state index contributed by atoms with van der Waals surface area (Å²) in [7, 11) is 0. The first kappa shape index (κ1) is 9.97. The van der Waals surface area contributed by atoms with Gasteiger partial charge in [0.05, 0.1) is 5.69 Å². The number of hydrogen-bond acceptors (Lipinski definition) is 3. The molecule has 1 aromatic heterocycles. The van der Waals surface area contributed by atoms with Crippen molar-refractivity contribution in [2.24, 2.45) is 0 Å². The number of nitrogens with one attached hydrogen (secondary N) is 1. The lowest BCUT2D eigenvalue weighted by Crippen LogP contribution is -2.25. The predicted octanol–water partition coefficient (Wildman–Crippen LogP) is 3.23. The minimum atomic E-state index is 0.125. The normalized spacial score (nSPS) is 16.5. The number of aromatic nitrogens is 1. The summed E-state index contributed by atoms with van der Waals surface area (Å²) in [4.78, 5) is 6.15. The van der Waals surface area contributed by atoms with Gasteiger partial charge in [-0.05, 0) is 46.5 Å².